The van der Waals surface area contributed by atoms with Crippen LogP contribution in [0, 0.1) is 0 Å². The molecular weight excluding hydrogens is 411 g/mol. The molecule has 0 saturated heterocycles. The molecule has 3 heteroatoms. The van der Waals surface area contributed by atoms with Gasteiger partial charge in [-0.05, 0) is 32.0 Å². The number of hydrogen-bond acceptors (Lipinski definition) is 1. The predicted octanol–water partition coefficient (Wildman–Crippen LogP) is 4.90. The van der Waals surface area contributed by atoms with E-state index in [9.17, 15) is 0 Å². The van der Waals surface area contributed by atoms with Crippen LogP contribution in [-0.2, 0) is 4.43 Å². The van der Waals surface area contributed by atoms with E-state index in [1.165, 1.54) is 15.9 Å². The Morgan fingerprint density at radius 3 is 1.74 bits per heavy atom. The van der Waals surface area contributed by atoms with Crippen molar-refractivity contribution in [3.63, 3.8) is 0 Å². The summed E-state index contributed by atoms with van der Waals surface area (Å²) in [6, 6.07) is 21.6. The van der Waals surface area contributed by atoms with E-state index in [-0.39, 0.29) is 5.04 Å². The van der Waals surface area contributed by atoms with E-state index < -0.39 is 8.32 Å². The number of rotatable bonds is 5. The SMILES string of the molecule is C/C(=C\I)CO[Si](c1ccccc1)(c1ccccc1)C(C)(C)C. The molecule has 23 heavy (non-hydrogen) atoms. The van der Waals surface area contributed by atoms with Gasteiger partial charge in [0.15, 0.2) is 0 Å². The van der Waals surface area contributed by atoms with Crippen LogP contribution in [0.3, 0.4) is 0 Å². The Morgan fingerprint density at radius 1 is 0.957 bits per heavy atom. The molecule has 0 aliphatic rings. The zero-order chi connectivity index (χ0) is 16.9. The minimum absolute atomic E-state index is 0.0429. The van der Waals surface area contributed by atoms with Crippen molar-refractivity contribution in [1.29, 1.82) is 0 Å². The predicted molar refractivity (Wildman–Crippen MR) is 111 cm³/mol. The van der Waals surface area contributed by atoms with Crippen LogP contribution in [0.5, 0.6) is 0 Å². The lowest BCUT2D eigenvalue weighted by Crippen LogP contribution is -2.66. The Kier molecular flexibility index (Phi) is 6.23. The lowest BCUT2D eigenvalue weighted by Gasteiger charge is -2.43. The third kappa shape index (κ3) is 3.95. The van der Waals surface area contributed by atoms with E-state index in [4.69, 9.17) is 4.43 Å². The highest BCUT2D eigenvalue weighted by Gasteiger charge is 2.50. The molecule has 0 atom stereocenters. The standard InChI is InChI=1S/C20H25IOSi/c1-17(15-21)16-22-23(20(2,3)4,18-11-7-5-8-12-18)19-13-9-6-10-14-19/h5-15H,16H2,1-4H3/b17-15+. The van der Waals surface area contributed by atoms with Crippen molar-refractivity contribution in [3.05, 3.63) is 70.3 Å². The number of halogens is 1. The second-order valence-corrected chi connectivity index (χ2v) is 11.8. The maximum atomic E-state index is 6.78. The van der Waals surface area contributed by atoms with Crippen LogP contribution in [0.15, 0.2) is 70.3 Å². The van der Waals surface area contributed by atoms with E-state index in [0.717, 1.165) is 0 Å². The lowest BCUT2D eigenvalue weighted by atomic mass is 10.2. The van der Waals surface area contributed by atoms with Gasteiger partial charge < -0.3 is 4.43 Å². The van der Waals surface area contributed by atoms with Crippen molar-refractivity contribution in [2.75, 3.05) is 6.61 Å². The van der Waals surface area contributed by atoms with Gasteiger partial charge in [0.25, 0.3) is 8.32 Å². The van der Waals surface area contributed by atoms with Crippen LogP contribution in [0.25, 0.3) is 0 Å². The smallest absolute Gasteiger partial charge is 0.261 e. The minimum atomic E-state index is -2.37. The molecule has 0 amide bonds. The molecule has 0 aromatic heterocycles. The third-order valence-corrected chi connectivity index (χ3v) is 10.2. The van der Waals surface area contributed by atoms with E-state index >= 15 is 0 Å². The average Bonchev–Trinajstić information content (AvgIpc) is 2.56. The monoisotopic (exact) mass is 436 g/mol. The van der Waals surface area contributed by atoms with Gasteiger partial charge in [0.2, 0.25) is 0 Å². The average molecular weight is 436 g/mol. The Balaban J connectivity index is 2.64. The molecule has 1 nitrogen and oxygen atoms in total. The quantitative estimate of drug-likeness (QED) is 0.479. The summed E-state index contributed by atoms with van der Waals surface area (Å²) in [6.07, 6.45) is 0. The van der Waals surface area contributed by atoms with Crippen molar-refractivity contribution in [1.82, 2.24) is 0 Å². The molecule has 0 bridgehead atoms. The van der Waals surface area contributed by atoms with Gasteiger partial charge in [-0.25, -0.2) is 0 Å². The maximum Gasteiger partial charge on any atom is 0.261 e. The van der Waals surface area contributed by atoms with Crippen molar-refractivity contribution >= 4 is 41.3 Å². The van der Waals surface area contributed by atoms with Gasteiger partial charge in [0.1, 0.15) is 0 Å². The van der Waals surface area contributed by atoms with Crippen LogP contribution < -0.4 is 10.4 Å². The zero-order valence-electron chi connectivity index (χ0n) is 14.3. The van der Waals surface area contributed by atoms with Gasteiger partial charge in [-0.1, -0.05) is 104 Å². The van der Waals surface area contributed by atoms with E-state index in [1.54, 1.807) is 0 Å². The van der Waals surface area contributed by atoms with Gasteiger partial charge in [-0.2, -0.15) is 0 Å². The Hall–Kier alpha value is -0.913. The van der Waals surface area contributed by atoms with Crippen molar-refractivity contribution in [2.24, 2.45) is 0 Å². The number of hydrogen-bond donors (Lipinski definition) is 0. The maximum absolute atomic E-state index is 6.78. The first kappa shape index (κ1) is 18.4. The van der Waals surface area contributed by atoms with Crippen molar-refractivity contribution in [3.8, 4) is 0 Å². The van der Waals surface area contributed by atoms with Gasteiger partial charge in [0, 0.05) is 0 Å². The molecular formula is C20H25IOSi. The first-order chi connectivity index (χ1) is 10.9. The van der Waals surface area contributed by atoms with E-state index in [1.807, 2.05) is 0 Å². The highest BCUT2D eigenvalue weighted by atomic mass is 127. The van der Waals surface area contributed by atoms with Crippen molar-refractivity contribution < 1.29 is 4.43 Å². The molecule has 2 aromatic carbocycles. The topological polar surface area (TPSA) is 9.23 Å². The van der Waals surface area contributed by atoms with Gasteiger partial charge in [-0.15, -0.1) is 0 Å². The summed E-state index contributed by atoms with van der Waals surface area (Å²) in [5.41, 5.74) is 1.26. The Bertz CT molecular complexity index is 605. The highest BCUT2D eigenvalue weighted by Crippen LogP contribution is 2.36. The molecule has 0 spiro atoms. The number of benzene rings is 2. The van der Waals surface area contributed by atoms with Gasteiger partial charge in [-0.3, -0.25) is 0 Å². The van der Waals surface area contributed by atoms with Crippen LogP contribution in [0.4, 0.5) is 0 Å². The molecule has 2 rings (SSSR count). The lowest BCUT2D eigenvalue weighted by molar-refractivity contribution is 0.330. The fraction of sp³-hybridized carbons (Fsp3) is 0.300. The summed E-state index contributed by atoms with van der Waals surface area (Å²) in [7, 11) is -2.37. The first-order valence-electron chi connectivity index (χ1n) is 7.92. The minimum Gasteiger partial charge on any atom is -0.403 e. The Labute approximate surface area is 155 Å². The van der Waals surface area contributed by atoms with Crippen molar-refractivity contribution in [2.45, 2.75) is 32.7 Å². The molecule has 2 aromatic rings. The van der Waals surface area contributed by atoms with Crippen LogP contribution in [-0.4, -0.2) is 14.9 Å². The largest absolute Gasteiger partial charge is 0.403 e. The molecule has 0 aliphatic carbocycles. The fourth-order valence-electron chi connectivity index (χ4n) is 3.02. The summed E-state index contributed by atoms with van der Waals surface area (Å²) in [4.78, 5) is 0. The first-order valence-corrected chi connectivity index (χ1v) is 11.1. The van der Waals surface area contributed by atoms with Gasteiger partial charge >= 0.3 is 0 Å². The molecule has 0 radical (unpaired) electrons. The summed E-state index contributed by atoms with van der Waals surface area (Å²) < 4.78 is 8.89. The zero-order valence-corrected chi connectivity index (χ0v) is 17.5. The molecule has 0 unspecified atom stereocenters. The molecule has 0 saturated carbocycles. The fourth-order valence-corrected chi connectivity index (χ4v) is 7.79. The van der Waals surface area contributed by atoms with Crippen LogP contribution in [0.1, 0.15) is 27.7 Å². The molecule has 0 N–H and O–H groups in total. The molecule has 122 valence electrons. The second-order valence-electron chi connectivity index (χ2n) is 6.91. The summed E-state index contributed by atoms with van der Waals surface area (Å²) in [5, 5.41) is 2.71. The van der Waals surface area contributed by atoms with Gasteiger partial charge in [0.05, 0.1) is 6.61 Å². The second kappa shape index (κ2) is 7.77. The van der Waals surface area contributed by atoms with E-state index in [0.29, 0.717) is 6.61 Å². The normalized spacial score (nSPS) is 13.2. The molecule has 0 fully saturated rings. The third-order valence-electron chi connectivity index (χ3n) is 4.12. The van der Waals surface area contributed by atoms with Crippen LogP contribution >= 0.6 is 22.6 Å². The summed E-state index contributed by atoms with van der Waals surface area (Å²) in [6.45, 7) is 9.73. The summed E-state index contributed by atoms with van der Waals surface area (Å²) >= 11 is 2.29. The van der Waals surface area contributed by atoms with E-state index in [2.05, 4.69) is 115 Å². The Morgan fingerprint density at radius 2 is 1.39 bits per heavy atom. The molecule has 0 heterocycles. The highest BCUT2D eigenvalue weighted by molar-refractivity contribution is 14.1. The summed E-state index contributed by atoms with van der Waals surface area (Å²) in [5.74, 6) is 0. The van der Waals surface area contributed by atoms with Crippen LogP contribution in [0.2, 0.25) is 5.04 Å². The molecule has 0 aliphatic heterocycles.